The molecule has 5 nitrogen and oxygen atoms in total. The van der Waals surface area contributed by atoms with Crippen molar-refractivity contribution in [2.75, 3.05) is 14.2 Å². The summed E-state index contributed by atoms with van der Waals surface area (Å²) >= 11 is 0. The van der Waals surface area contributed by atoms with Gasteiger partial charge in [-0.05, 0) is 35.7 Å². The number of aryl methyl sites for hydroxylation is 1. The van der Waals surface area contributed by atoms with E-state index in [1.807, 2.05) is 25.1 Å². The lowest BCUT2D eigenvalue weighted by atomic mass is 9.97. The van der Waals surface area contributed by atoms with Gasteiger partial charge in [-0.3, -0.25) is 4.79 Å². The van der Waals surface area contributed by atoms with Crippen molar-refractivity contribution in [2.24, 2.45) is 5.10 Å². The molecule has 1 atom stereocenters. The van der Waals surface area contributed by atoms with E-state index in [1.54, 1.807) is 19.2 Å². The van der Waals surface area contributed by atoms with E-state index in [2.05, 4.69) is 36.3 Å². The highest BCUT2D eigenvalue weighted by Gasteiger charge is 2.32. The minimum Gasteiger partial charge on any atom is -0.493 e. The molecule has 0 aliphatic carbocycles. The fraction of sp³-hybridized carbons (Fsp3) is 0.364. The molecule has 0 unspecified atom stereocenters. The summed E-state index contributed by atoms with van der Waals surface area (Å²) < 4.78 is 10.7. The molecule has 1 aliphatic heterocycles. The van der Waals surface area contributed by atoms with E-state index in [0.29, 0.717) is 24.3 Å². The largest absolute Gasteiger partial charge is 0.493 e. The fourth-order valence-corrected chi connectivity index (χ4v) is 3.33. The molecule has 0 saturated heterocycles. The van der Waals surface area contributed by atoms with Crippen LogP contribution in [0.25, 0.3) is 0 Å². The second-order valence-corrected chi connectivity index (χ2v) is 6.52. The quantitative estimate of drug-likeness (QED) is 0.763. The molecule has 0 aromatic heterocycles. The summed E-state index contributed by atoms with van der Waals surface area (Å²) in [6, 6.07) is 14.1. The highest BCUT2D eigenvalue weighted by atomic mass is 16.5. The zero-order valence-corrected chi connectivity index (χ0v) is 16.4. The molecule has 2 aromatic rings. The molecular formula is C22H26N2O3. The van der Waals surface area contributed by atoms with E-state index < -0.39 is 0 Å². The molecule has 3 rings (SSSR count). The molecule has 0 saturated carbocycles. The van der Waals surface area contributed by atoms with Crippen LogP contribution in [-0.4, -0.2) is 30.8 Å². The number of hydrazone groups is 1. The van der Waals surface area contributed by atoms with Crippen LogP contribution in [0, 0.1) is 0 Å². The number of carbonyl (C=O) groups is 1. The first-order valence-corrected chi connectivity index (χ1v) is 9.32. The van der Waals surface area contributed by atoms with Gasteiger partial charge in [0.2, 0.25) is 5.91 Å². The topological polar surface area (TPSA) is 51.1 Å². The maximum Gasteiger partial charge on any atom is 0.242 e. The number of nitrogens with zero attached hydrogens (tertiary/aromatic N) is 2. The summed E-state index contributed by atoms with van der Waals surface area (Å²) in [4.78, 5) is 12.5. The van der Waals surface area contributed by atoms with Gasteiger partial charge in [-0.2, -0.15) is 5.10 Å². The fourth-order valence-electron chi connectivity index (χ4n) is 3.33. The average molecular weight is 366 g/mol. The van der Waals surface area contributed by atoms with Crippen LogP contribution in [0.15, 0.2) is 47.6 Å². The Morgan fingerprint density at radius 2 is 1.78 bits per heavy atom. The van der Waals surface area contributed by atoms with Gasteiger partial charge in [0.25, 0.3) is 0 Å². The van der Waals surface area contributed by atoms with E-state index >= 15 is 0 Å². The van der Waals surface area contributed by atoms with Crippen LogP contribution in [0.5, 0.6) is 11.5 Å². The van der Waals surface area contributed by atoms with E-state index in [0.717, 1.165) is 23.3 Å². The summed E-state index contributed by atoms with van der Waals surface area (Å²) in [6.45, 7) is 4.00. The van der Waals surface area contributed by atoms with Crippen LogP contribution < -0.4 is 9.47 Å². The third kappa shape index (κ3) is 3.82. The van der Waals surface area contributed by atoms with Crippen molar-refractivity contribution in [1.29, 1.82) is 0 Å². The molecule has 1 aliphatic rings. The summed E-state index contributed by atoms with van der Waals surface area (Å²) in [7, 11) is 3.23. The standard InChI is InChI=1S/C22H26N2O3/c1-5-15-7-9-16(10-8-15)19-14-18(23-24(19)22(25)6-2)17-11-12-20(26-3)21(13-17)27-4/h7-13,19H,5-6,14H2,1-4H3/t19-/m0/s1. The predicted molar refractivity (Wildman–Crippen MR) is 106 cm³/mol. The maximum atomic E-state index is 12.5. The molecule has 27 heavy (non-hydrogen) atoms. The number of rotatable bonds is 6. The SMILES string of the molecule is CCC(=O)N1N=C(c2ccc(OC)c(OC)c2)C[C@H]1c1ccc(CC)cc1. The lowest BCUT2D eigenvalue weighted by molar-refractivity contribution is -0.132. The minimum absolute atomic E-state index is 0.0232. The number of methoxy groups -OCH3 is 2. The van der Waals surface area contributed by atoms with Gasteiger partial charge in [-0.25, -0.2) is 5.01 Å². The number of amides is 1. The zero-order valence-electron chi connectivity index (χ0n) is 16.4. The van der Waals surface area contributed by atoms with Crippen LogP contribution in [-0.2, 0) is 11.2 Å². The molecular weight excluding hydrogens is 340 g/mol. The normalized spacial score (nSPS) is 16.2. The van der Waals surface area contributed by atoms with Crippen molar-refractivity contribution >= 4 is 11.6 Å². The van der Waals surface area contributed by atoms with Crippen LogP contribution in [0.2, 0.25) is 0 Å². The molecule has 5 heteroatoms. The van der Waals surface area contributed by atoms with E-state index in [4.69, 9.17) is 9.47 Å². The molecule has 0 bridgehead atoms. The molecule has 142 valence electrons. The summed E-state index contributed by atoms with van der Waals surface area (Å²) in [5.41, 5.74) is 4.20. The molecule has 0 spiro atoms. The zero-order chi connectivity index (χ0) is 19.4. The Hall–Kier alpha value is -2.82. The first kappa shape index (κ1) is 19.0. The summed E-state index contributed by atoms with van der Waals surface area (Å²) in [5.74, 6) is 1.35. The first-order valence-electron chi connectivity index (χ1n) is 9.32. The van der Waals surface area contributed by atoms with Gasteiger partial charge >= 0.3 is 0 Å². The van der Waals surface area contributed by atoms with E-state index in [1.165, 1.54) is 5.56 Å². The van der Waals surface area contributed by atoms with Crippen molar-refractivity contribution < 1.29 is 14.3 Å². The van der Waals surface area contributed by atoms with Gasteiger partial charge in [0.15, 0.2) is 11.5 Å². The minimum atomic E-state index is -0.0774. The number of hydrogen-bond acceptors (Lipinski definition) is 4. The lowest BCUT2D eigenvalue weighted by Gasteiger charge is -2.21. The second-order valence-electron chi connectivity index (χ2n) is 6.52. The van der Waals surface area contributed by atoms with E-state index in [9.17, 15) is 4.79 Å². The number of hydrogen-bond donors (Lipinski definition) is 0. The van der Waals surface area contributed by atoms with Crippen molar-refractivity contribution in [3.05, 3.63) is 59.2 Å². The van der Waals surface area contributed by atoms with Crippen molar-refractivity contribution in [2.45, 2.75) is 39.2 Å². The third-order valence-corrected chi connectivity index (χ3v) is 4.96. The highest BCUT2D eigenvalue weighted by Crippen LogP contribution is 2.35. The first-order chi connectivity index (χ1) is 13.1. The van der Waals surface area contributed by atoms with Crippen molar-refractivity contribution in [1.82, 2.24) is 5.01 Å². The monoisotopic (exact) mass is 366 g/mol. The van der Waals surface area contributed by atoms with Crippen LogP contribution in [0.3, 0.4) is 0 Å². The van der Waals surface area contributed by atoms with Gasteiger partial charge in [0.1, 0.15) is 0 Å². The Labute approximate surface area is 160 Å². The summed E-state index contributed by atoms with van der Waals surface area (Å²) in [5, 5.41) is 6.30. The molecule has 0 fully saturated rings. The predicted octanol–water partition coefficient (Wildman–Crippen LogP) is 4.35. The summed E-state index contributed by atoms with van der Waals surface area (Å²) in [6.07, 6.45) is 2.09. The van der Waals surface area contributed by atoms with Gasteiger partial charge < -0.3 is 9.47 Å². The van der Waals surface area contributed by atoms with Gasteiger partial charge in [-0.15, -0.1) is 0 Å². The highest BCUT2D eigenvalue weighted by molar-refractivity contribution is 6.03. The second kappa shape index (κ2) is 8.25. The van der Waals surface area contributed by atoms with Crippen LogP contribution in [0.4, 0.5) is 0 Å². The number of benzene rings is 2. The van der Waals surface area contributed by atoms with Crippen LogP contribution in [0.1, 0.15) is 49.4 Å². The van der Waals surface area contributed by atoms with E-state index in [-0.39, 0.29) is 11.9 Å². The van der Waals surface area contributed by atoms with Gasteiger partial charge in [0.05, 0.1) is 26.0 Å². The Morgan fingerprint density at radius 3 is 2.37 bits per heavy atom. The molecule has 1 amide bonds. The smallest absolute Gasteiger partial charge is 0.242 e. The Bertz CT molecular complexity index is 843. The molecule has 1 heterocycles. The molecule has 0 N–H and O–H groups in total. The van der Waals surface area contributed by atoms with Gasteiger partial charge in [0, 0.05) is 18.4 Å². The Balaban J connectivity index is 1.94. The maximum absolute atomic E-state index is 12.5. The number of carbonyl (C=O) groups excluding carboxylic acids is 1. The van der Waals surface area contributed by atoms with Gasteiger partial charge in [-0.1, -0.05) is 38.1 Å². The molecule has 0 radical (unpaired) electrons. The number of ether oxygens (including phenoxy) is 2. The van der Waals surface area contributed by atoms with Crippen molar-refractivity contribution in [3.8, 4) is 11.5 Å². The third-order valence-electron chi connectivity index (χ3n) is 4.96. The van der Waals surface area contributed by atoms with Crippen LogP contribution >= 0.6 is 0 Å². The van der Waals surface area contributed by atoms with Crippen molar-refractivity contribution in [3.63, 3.8) is 0 Å². The Kier molecular flexibility index (Phi) is 5.79. The Morgan fingerprint density at radius 1 is 1.07 bits per heavy atom. The molecule has 2 aromatic carbocycles. The lowest BCUT2D eigenvalue weighted by Crippen LogP contribution is -2.26. The average Bonchev–Trinajstić information content (AvgIpc) is 3.18.